The highest BCUT2D eigenvalue weighted by atomic mass is 16.4. The van der Waals surface area contributed by atoms with Gasteiger partial charge in [0.15, 0.2) is 0 Å². The van der Waals surface area contributed by atoms with E-state index in [4.69, 9.17) is 0 Å². The maximum atomic E-state index is 12.9. The van der Waals surface area contributed by atoms with Gasteiger partial charge in [-0.1, -0.05) is 25.1 Å². The monoisotopic (exact) mass is 373 g/mol. The van der Waals surface area contributed by atoms with Crippen molar-refractivity contribution in [2.24, 2.45) is 17.8 Å². The van der Waals surface area contributed by atoms with Gasteiger partial charge in [-0.05, 0) is 37.3 Å². The molecule has 0 spiro atoms. The maximum Gasteiger partial charge on any atom is 0.321 e. The van der Waals surface area contributed by atoms with Crippen molar-refractivity contribution in [2.75, 3.05) is 31.5 Å². The number of carbonyl (C=O) groups is 3. The number of anilines is 1. The van der Waals surface area contributed by atoms with Crippen molar-refractivity contribution >= 4 is 23.6 Å². The number of hydrogen-bond acceptors (Lipinski definition) is 3. The normalized spacial score (nSPS) is 25.7. The van der Waals surface area contributed by atoms with Crippen LogP contribution in [0.25, 0.3) is 0 Å². The first-order valence-electron chi connectivity index (χ1n) is 9.58. The highest BCUT2D eigenvalue weighted by molar-refractivity contribution is 5.90. The molecule has 3 amide bonds. The molecule has 3 unspecified atom stereocenters. The summed E-state index contributed by atoms with van der Waals surface area (Å²) in [5.74, 6) is -1.39. The lowest BCUT2D eigenvalue weighted by atomic mass is 9.86. The number of carbonyl (C=O) groups excluding carboxylic acids is 2. The van der Waals surface area contributed by atoms with Crippen LogP contribution in [0.15, 0.2) is 30.3 Å². The largest absolute Gasteiger partial charge is 0.481 e. The van der Waals surface area contributed by atoms with Crippen LogP contribution in [0.5, 0.6) is 0 Å². The third kappa shape index (κ3) is 4.59. The van der Waals surface area contributed by atoms with Crippen LogP contribution in [-0.4, -0.2) is 59.0 Å². The van der Waals surface area contributed by atoms with Crippen LogP contribution in [0.1, 0.15) is 26.2 Å². The zero-order chi connectivity index (χ0) is 19.4. The Balaban J connectivity index is 1.56. The summed E-state index contributed by atoms with van der Waals surface area (Å²) < 4.78 is 0. The minimum Gasteiger partial charge on any atom is -0.481 e. The van der Waals surface area contributed by atoms with E-state index < -0.39 is 5.97 Å². The number of nitrogens with one attached hydrogen (secondary N) is 1. The van der Waals surface area contributed by atoms with Crippen LogP contribution in [-0.2, 0) is 9.59 Å². The Kier molecular flexibility index (Phi) is 5.98. The molecular weight excluding hydrogens is 346 g/mol. The highest BCUT2D eigenvalue weighted by Gasteiger charge is 2.37. The molecule has 2 aliphatic rings. The van der Waals surface area contributed by atoms with Crippen LogP contribution < -0.4 is 5.32 Å². The minimum absolute atomic E-state index is 0.0444. The molecule has 0 saturated carbocycles. The van der Waals surface area contributed by atoms with Crippen molar-refractivity contribution in [3.63, 3.8) is 0 Å². The first-order chi connectivity index (χ1) is 13.0. The standard InChI is InChI=1S/C20H27N3O4/c1-14-12-22(11-9-17(14)19(25)26)18(24)15-6-5-10-23(13-15)20(27)21-16-7-3-2-4-8-16/h2-4,7-8,14-15,17H,5-6,9-13H2,1H3,(H,21,27)(H,25,26). The van der Waals surface area contributed by atoms with E-state index in [0.29, 0.717) is 32.6 Å². The Morgan fingerprint density at radius 1 is 1.04 bits per heavy atom. The Hall–Kier alpha value is -2.57. The van der Waals surface area contributed by atoms with Crippen LogP contribution in [0.4, 0.5) is 10.5 Å². The van der Waals surface area contributed by atoms with Gasteiger partial charge in [-0.15, -0.1) is 0 Å². The lowest BCUT2D eigenvalue weighted by molar-refractivity contribution is -0.150. The highest BCUT2D eigenvalue weighted by Crippen LogP contribution is 2.27. The molecule has 7 heteroatoms. The second-order valence-corrected chi connectivity index (χ2v) is 7.58. The van der Waals surface area contributed by atoms with Gasteiger partial charge in [0.2, 0.25) is 5.91 Å². The van der Waals surface area contributed by atoms with Gasteiger partial charge < -0.3 is 20.2 Å². The Morgan fingerprint density at radius 3 is 2.44 bits per heavy atom. The molecule has 7 nitrogen and oxygen atoms in total. The number of urea groups is 1. The van der Waals surface area contributed by atoms with E-state index in [1.54, 1.807) is 9.80 Å². The fraction of sp³-hybridized carbons (Fsp3) is 0.550. The number of aliphatic carboxylic acids is 1. The van der Waals surface area contributed by atoms with E-state index in [0.717, 1.165) is 18.5 Å². The topological polar surface area (TPSA) is 90.0 Å². The summed E-state index contributed by atoms with van der Waals surface area (Å²) >= 11 is 0. The van der Waals surface area contributed by atoms with Crippen molar-refractivity contribution in [2.45, 2.75) is 26.2 Å². The fourth-order valence-corrected chi connectivity index (χ4v) is 4.06. The Bertz CT molecular complexity index is 694. The van der Waals surface area contributed by atoms with E-state index in [2.05, 4.69) is 5.32 Å². The molecule has 3 atom stereocenters. The fourth-order valence-electron chi connectivity index (χ4n) is 4.06. The number of benzene rings is 1. The van der Waals surface area contributed by atoms with Crippen molar-refractivity contribution in [1.29, 1.82) is 0 Å². The van der Waals surface area contributed by atoms with E-state index in [9.17, 15) is 19.5 Å². The van der Waals surface area contributed by atoms with Gasteiger partial charge in [0.05, 0.1) is 11.8 Å². The molecule has 146 valence electrons. The molecule has 0 radical (unpaired) electrons. The van der Waals surface area contributed by atoms with Crippen molar-refractivity contribution in [3.05, 3.63) is 30.3 Å². The zero-order valence-corrected chi connectivity index (χ0v) is 15.6. The second-order valence-electron chi connectivity index (χ2n) is 7.58. The second kappa shape index (κ2) is 8.41. The SMILES string of the molecule is CC1CN(C(=O)C2CCCN(C(=O)Nc3ccccc3)C2)CCC1C(=O)O. The number of amides is 3. The van der Waals surface area contributed by atoms with Crippen LogP contribution in [0.3, 0.4) is 0 Å². The van der Waals surface area contributed by atoms with Gasteiger partial charge in [-0.2, -0.15) is 0 Å². The van der Waals surface area contributed by atoms with E-state index >= 15 is 0 Å². The number of para-hydroxylation sites is 1. The molecule has 0 bridgehead atoms. The van der Waals surface area contributed by atoms with Crippen LogP contribution in [0.2, 0.25) is 0 Å². The first-order valence-corrected chi connectivity index (χ1v) is 9.58. The number of likely N-dealkylation sites (tertiary alicyclic amines) is 2. The summed E-state index contributed by atoms with van der Waals surface area (Å²) in [6.45, 7) is 3.89. The molecule has 1 aromatic carbocycles. The predicted octanol–water partition coefficient (Wildman–Crippen LogP) is 2.50. The lowest BCUT2D eigenvalue weighted by Gasteiger charge is -2.39. The van der Waals surface area contributed by atoms with Gasteiger partial charge in [0, 0.05) is 31.9 Å². The Morgan fingerprint density at radius 2 is 1.78 bits per heavy atom. The molecular formula is C20H27N3O4. The van der Waals surface area contributed by atoms with Crippen molar-refractivity contribution < 1.29 is 19.5 Å². The van der Waals surface area contributed by atoms with Crippen molar-refractivity contribution in [1.82, 2.24) is 9.80 Å². The summed E-state index contributed by atoms with van der Waals surface area (Å²) in [6, 6.07) is 9.09. The average molecular weight is 373 g/mol. The molecule has 3 rings (SSSR count). The lowest BCUT2D eigenvalue weighted by Crippen LogP contribution is -2.51. The van der Waals surface area contributed by atoms with E-state index in [1.165, 1.54) is 0 Å². The smallest absolute Gasteiger partial charge is 0.321 e. The molecule has 2 heterocycles. The van der Waals surface area contributed by atoms with E-state index in [-0.39, 0.29) is 29.7 Å². The molecule has 0 aromatic heterocycles. The summed E-state index contributed by atoms with van der Waals surface area (Å²) in [7, 11) is 0. The summed E-state index contributed by atoms with van der Waals surface area (Å²) in [6.07, 6.45) is 2.05. The quantitative estimate of drug-likeness (QED) is 0.852. The van der Waals surface area contributed by atoms with Crippen LogP contribution in [0, 0.1) is 17.8 Å². The number of rotatable bonds is 3. The first kappa shape index (κ1) is 19.2. The van der Waals surface area contributed by atoms with Gasteiger partial charge in [-0.25, -0.2) is 4.79 Å². The maximum absolute atomic E-state index is 12.9. The minimum atomic E-state index is -0.781. The molecule has 2 fully saturated rings. The predicted molar refractivity (Wildman–Crippen MR) is 101 cm³/mol. The summed E-state index contributed by atoms with van der Waals surface area (Å²) in [4.78, 5) is 40.2. The van der Waals surface area contributed by atoms with Crippen molar-refractivity contribution in [3.8, 4) is 0 Å². The molecule has 1 aromatic rings. The summed E-state index contributed by atoms with van der Waals surface area (Å²) in [5, 5.41) is 12.1. The third-order valence-electron chi connectivity index (χ3n) is 5.62. The molecule has 27 heavy (non-hydrogen) atoms. The number of piperidine rings is 2. The number of carboxylic acid groups (broad SMARTS) is 1. The van der Waals surface area contributed by atoms with E-state index in [1.807, 2.05) is 37.3 Å². The van der Waals surface area contributed by atoms with Gasteiger partial charge >= 0.3 is 12.0 Å². The molecule has 2 saturated heterocycles. The third-order valence-corrected chi connectivity index (χ3v) is 5.62. The summed E-state index contributed by atoms with van der Waals surface area (Å²) in [5.41, 5.74) is 0.737. The molecule has 2 N–H and O–H groups in total. The number of carboxylic acids is 1. The Labute approximate surface area is 159 Å². The number of hydrogen-bond donors (Lipinski definition) is 2. The van der Waals surface area contributed by atoms with Crippen LogP contribution >= 0.6 is 0 Å². The zero-order valence-electron chi connectivity index (χ0n) is 15.6. The number of nitrogens with zero attached hydrogens (tertiary/aromatic N) is 2. The van der Waals surface area contributed by atoms with Gasteiger partial charge in [-0.3, -0.25) is 9.59 Å². The average Bonchev–Trinajstić information content (AvgIpc) is 2.68. The molecule has 2 aliphatic heterocycles. The van der Waals surface area contributed by atoms with Gasteiger partial charge in [0.25, 0.3) is 0 Å². The van der Waals surface area contributed by atoms with Gasteiger partial charge in [0.1, 0.15) is 0 Å². The molecule has 0 aliphatic carbocycles.